The monoisotopic (exact) mass is 327 g/mol. The van der Waals surface area contributed by atoms with Gasteiger partial charge in [0.15, 0.2) is 0 Å². The van der Waals surface area contributed by atoms with Gasteiger partial charge < -0.3 is 9.64 Å². The Balaban J connectivity index is 1.65. The lowest BCUT2D eigenvalue weighted by molar-refractivity contribution is 0.0326. The summed E-state index contributed by atoms with van der Waals surface area (Å²) in [5.74, 6) is 0.0493. The van der Waals surface area contributed by atoms with E-state index in [0.29, 0.717) is 19.5 Å². The number of carbonyl (C=O) groups excluding carboxylic acids is 1. The molecule has 0 saturated carbocycles. The van der Waals surface area contributed by atoms with Crippen LogP contribution in [0.2, 0.25) is 0 Å². The SMILES string of the molecule is N#CCCN(CCN1CCOCC1)C(=O)c1ccc2c(c1)CCC2. The van der Waals surface area contributed by atoms with Crippen LogP contribution in [0.4, 0.5) is 0 Å². The molecule has 1 heterocycles. The Labute approximate surface area is 143 Å². The number of morpholine rings is 1. The maximum atomic E-state index is 12.9. The molecule has 5 heteroatoms. The molecule has 0 radical (unpaired) electrons. The number of fused-ring (bicyclic) bond motifs is 1. The molecule has 0 bridgehead atoms. The fourth-order valence-electron chi connectivity index (χ4n) is 3.47. The van der Waals surface area contributed by atoms with E-state index in [1.165, 1.54) is 17.5 Å². The van der Waals surface area contributed by atoms with Crippen LogP contribution in [0.15, 0.2) is 18.2 Å². The highest BCUT2D eigenvalue weighted by molar-refractivity contribution is 5.94. The van der Waals surface area contributed by atoms with Gasteiger partial charge in [-0.15, -0.1) is 0 Å². The van der Waals surface area contributed by atoms with E-state index < -0.39 is 0 Å². The number of rotatable bonds is 6. The molecule has 0 N–H and O–H groups in total. The predicted molar refractivity (Wildman–Crippen MR) is 91.9 cm³/mol. The summed E-state index contributed by atoms with van der Waals surface area (Å²) in [6.45, 7) is 5.35. The molecule has 128 valence electrons. The third-order valence-electron chi connectivity index (χ3n) is 4.92. The molecule has 1 aromatic rings. The van der Waals surface area contributed by atoms with Crippen molar-refractivity contribution in [2.75, 3.05) is 45.9 Å². The Bertz CT molecular complexity index is 618. The molecule has 5 nitrogen and oxygen atoms in total. The van der Waals surface area contributed by atoms with Gasteiger partial charge in [-0.05, 0) is 42.5 Å². The van der Waals surface area contributed by atoms with Gasteiger partial charge in [0.05, 0.1) is 25.7 Å². The van der Waals surface area contributed by atoms with Crippen molar-refractivity contribution < 1.29 is 9.53 Å². The Morgan fingerprint density at radius 1 is 1.21 bits per heavy atom. The van der Waals surface area contributed by atoms with Crippen molar-refractivity contribution in [2.45, 2.75) is 25.7 Å². The number of nitriles is 1. The van der Waals surface area contributed by atoms with Crippen LogP contribution < -0.4 is 0 Å². The third kappa shape index (κ3) is 4.14. The average Bonchev–Trinajstić information content (AvgIpc) is 3.10. The molecule has 1 amide bonds. The van der Waals surface area contributed by atoms with Crippen molar-refractivity contribution in [1.82, 2.24) is 9.80 Å². The number of nitrogens with zero attached hydrogens (tertiary/aromatic N) is 3. The first-order chi connectivity index (χ1) is 11.8. The van der Waals surface area contributed by atoms with E-state index in [2.05, 4.69) is 23.1 Å². The number of benzene rings is 1. The Kier molecular flexibility index (Phi) is 5.84. The fraction of sp³-hybridized carbons (Fsp3) is 0.579. The number of aryl methyl sites for hydroxylation is 2. The van der Waals surface area contributed by atoms with Gasteiger partial charge in [-0.2, -0.15) is 5.26 Å². The first kappa shape index (κ1) is 16.9. The van der Waals surface area contributed by atoms with Crippen molar-refractivity contribution in [3.8, 4) is 6.07 Å². The topological polar surface area (TPSA) is 56.6 Å². The molecular formula is C19H25N3O2. The maximum absolute atomic E-state index is 12.9. The van der Waals surface area contributed by atoms with Crippen LogP contribution in [-0.4, -0.2) is 61.6 Å². The van der Waals surface area contributed by atoms with Gasteiger partial charge in [0.2, 0.25) is 0 Å². The lowest BCUT2D eigenvalue weighted by Crippen LogP contribution is -2.43. The first-order valence-electron chi connectivity index (χ1n) is 8.86. The Morgan fingerprint density at radius 3 is 2.79 bits per heavy atom. The van der Waals surface area contributed by atoms with E-state index in [1.807, 2.05) is 11.0 Å². The van der Waals surface area contributed by atoms with Crippen LogP contribution in [0.25, 0.3) is 0 Å². The second-order valence-electron chi connectivity index (χ2n) is 6.49. The van der Waals surface area contributed by atoms with Gasteiger partial charge in [0, 0.05) is 38.3 Å². The normalized spacial score (nSPS) is 17.3. The minimum Gasteiger partial charge on any atom is -0.379 e. The molecular weight excluding hydrogens is 302 g/mol. The number of hydrogen-bond acceptors (Lipinski definition) is 4. The third-order valence-corrected chi connectivity index (χ3v) is 4.92. The van der Waals surface area contributed by atoms with Gasteiger partial charge >= 0.3 is 0 Å². The molecule has 2 aliphatic rings. The fourth-order valence-corrected chi connectivity index (χ4v) is 3.47. The molecule has 3 rings (SSSR count). The molecule has 0 unspecified atom stereocenters. The van der Waals surface area contributed by atoms with E-state index in [9.17, 15) is 4.79 Å². The number of carbonyl (C=O) groups is 1. The van der Waals surface area contributed by atoms with E-state index in [0.717, 1.165) is 51.3 Å². The summed E-state index contributed by atoms with van der Waals surface area (Å²) in [5, 5.41) is 8.90. The summed E-state index contributed by atoms with van der Waals surface area (Å²) < 4.78 is 5.37. The van der Waals surface area contributed by atoms with Gasteiger partial charge in [-0.25, -0.2) is 0 Å². The molecule has 0 aromatic heterocycles. The summed E-state index contributed by atoms with van der Waals surface area (Å²) in [4.78, 5) is 17.0. The maximum Gasteiger partial charge on any atom is 0.253 e. The second kappa shape index (κ2) is 8.27. The number of amides is 1. The molecule has 0 spiro atoms. The van der Waals surface area contributed by atoms with Gasteiger partial charge in [-0.3, -0.25) is 9.69 Å². The van der Waals surface area contributed by atoms with E-state index in [1.54, 1.807) is 0 Å². The standard InChI is InChI=1S/C19H25N3O2/c20-7-2-8-22(10-9-21-11-13-24-14-12-21)19(23)18-6-5-16-3-1-4-17(16)15-18/h5-6,15H,1-4,8-14H2. The molecule has 0 atom stereocenters. The molecule has 1 fully saturated rings. The van der Waals surface area contributed by atoms with Gasteiger partial charge in [-0.1, -0.05) is 6.07 Å². The van der Waals surface area contributed by atoms with Crippen molar-refractivity contribution in [2.24, 2.45) is 0 Å². The second-order valence-corrected chi connectivity index (χ2v) is 6.49. The Morgan fingerprint density at radius 2 is 2.00 bits per heavy atom. The lowest BCUT2D eigenvalue weighted by atomic mass is 10.1. The molecule has 1 aromatic carbocycles. The lowest BCUT2D eigenvalue weighted by Gasteiger charge is -2.30. The quantitative estimate of drug-likeness (QED) is 0.800. The van der Waals surface area contributed by atoms with E-state index in [-0.39, 0.29) is 5.91 Å². The molecule has 1 aliphatic heterocycles. The molecule has 1 saturated heterocycles. The summed E-state index contributed by atoms with van der Waals surface area (Å²) >= 11 is 0. The van der Waals surface area contributed by atoms with Crippen LogP contribution in [0.5, 0.6) is 0 Å². The van der Waals surface area contributed by atoms with Crippen LogP contribution in [0.1, 0.15) is 34.3 Å². The first-order valence-corrected chi connectivity index (χ1v) is 8.86. The van der Waals surface area contributed by atoms with Crippen molar-refractivity contribution >= 4 is 5.91 Å². The molecule has 1 aliphatic carbocycles. The summed E-state index contributed by atoms with van der Waals surface area (Å²) in [6.07, 6.45) is 3.75. The number of ether oxygens (including phenoxy) is 1. The predicted octanol–water partition coefficient (Wildman–Crippen LogP) is 1.86. The van der Waals surface area contributed by atoms with E-state index >= 15 is 0 Å². The van der Waals surface area contributed by atoms with Crippen molar-refractivity contribution in [3.05, 3.63) is 34.9 Å². The Hall–Kier alpha value is -1.90. The highest BCUT2D eigenvalue weighted by Crippen LogP contribution is 2.23. The zero-order valence-electron chi connectivity index (χ0n) is 14.2. The molecule has 24 heavy (non-hydrogen) atoms. The minimum atomic E-state index is 0.0493. The van der Waals surface area contributed by atoms with Crippen LogP contribution >= 0.6 is 0 Å². The van der Waals surface area contributed by atoms with Gasteiger partial charge in [0.25, 0.3) is 5.91 Å². The van der Waals surface area contributed by atoms with Crippen LogP contribution in [0, 0.1) is 11.3 Å². The van der Waals surface area contributed by atoms with Crippen molar-refractivity contribution in [1.29, 1.82) is 5.26 Å². The number of hydrogen-bond donors (Lipinski definition) is 0. The highest BCUT2D eigenvalue weighted by Gasteiger charge is 2.20. The minimum absolute atomic E-state index is 0.0493. The largest absolute Gasteiger partial charge is 0.379 e. The van der Waals surface area contributed by atoms with Crippen LogP contribution in [0.3, 0.4) is 0 Å². The van der Waals surface area contributed by atoms with Crippen LogP contribution in [-0.2, 0) is 17.6 Å². The zero-order chi connectivity index (χ0) is 16.8. The summed E-state index contributed by atoms with van der Waals surface area (Å²) in [6, 6.07) is 8.25. The van der Waals surface area contributed by atoms with Crippen molar-refractivity contribution in [3.63, 3.8) is 0 Å². The highest BCUT2D eigenvalue weighted by atomic mass is 16.5. The zero-order valence-corrected chi connectivity index (χ0v) is 14.2. The van der Waals surface area contributed by atoms with Gasteiger partial charge in [0.1, 0.15) is 0 Å². The average molecular weight is 327 g/mol. The van der Waals surface area contributed by atoms with E-state index in [4.69, 9.17) is 10.00 Å². The smallest absolute Gasteiger partial charge is 0.253 e. The summed E-state index contributed by atoms with van der Waals surface area (Å²) in [5.41, 5.74) is 3.45. The summed E-state index contributed by atoms with van der Waals surface area (Å²) in [7, 11) is 0.